The average molecular weight is 247 g/mol. The molecule has 1 aromatic heterocycles. The highest BCUT2D eigenvalue weighted by molar-refractivity contribution is 9.10. The third-order valence-electron chi connectivity index (χ3n) is 1.49. The average Bonchev–Trinajstić information content (AvgIpc) is 1.98. The molecule has 1 N–H and O–H groups in total. The molecule has 66 valence electrons. The van der Waals surface area contributed by atoms with Crippen molar-refractivity contribution in [3.63, 3.8) is 0 Å². The summed E-state index contributed by atoms with van der Waals surface area (Å²) in [7, 11) is 0. The predicted octanol–water partition coefficient (Wildman–Crippen LogP) is 3.10. The van der Waals surface area contributed by atoms with Crippen LogP contribution in [0.15, 0.2) is 10.8 Å². The summed E-state index contributed by atoms with van der Waals surface area (Å²) in [4.78, 5) is 7.04. The van der Waals surface area contributed by atoms with Crippen molar-refractivity contribution in [3.05, 3.63) is 21.1 Å². The van der Waals surface area contributed by atoms with E-state index in [2.05, 4.69) is 39.7 Å². The molecular formula is C8H11BrN2S. The van der Waals surface area contributed by atoms with E-state index in [0.29, 0.717) is 10.6 Å². The number of nitrogens with one attached hydrogen (secondary N) is 1. The maximum absolute atomic E-state index is 5.02. The van der Waals surface area contributed by atoms with E-state index in [1.54, 1.807) is 6.33 Å². The third kappa shape index (κ3) is 2.38. The Bertz CT molecular complexity index is 319. The maximum atomic E-state index is 5.02. The second-order valence-corrected chi connectivity index (χ2v) is 4.28. The van der Waals surface area contributed by atoms with Gasteiger partial charge in [0.25, 0.3) is 0 Å². The van der Waals surface area contributed by atoms with Crippen LogP contribution in [0.2, 0.25) is 0 Å². The SMILES string of the molecule is CC(C)Cc1[nH]cnc(=S)c1Br. The number of hydrogen-bond acceptors (Lipinski definition) is 2. The molecule has 12 heavy (non-hydrogen) atoms. The first-order chi connectivity index (χ1) is 5.61. The van der Waals surface area contributed by atoms with Gasteiger partial charge in [-0.15, -0.1) is 0 Å². The molecule has 0 aliphatic carbocycles. The van der Waals surface area contributed by atoms with E-state index >= 15 is 0 Å². The van der Waals surface area contributed by atoms with Gasteiger partial charge in [0.15, 0.2) is 0 Å². The Labute approximate surface area is 85.6 Å². The van der Waals surface area contributed by atoms with E-state index in [-0.39, 0.29) is 0 Å². The van der Waals surface area contributed by atoms with Gasteiger partial charge in [0.2, 0.25) is 0 Å². The molecule has 0 aromatic carbocycles. The molecule has 0 spiro atoms. The summed E-state index contributed by atoms with van der Waals surface area (Å²) < 4.78 is 1.55. The molecule has 0 bridgehead atoms. The molecule has 0 unspecified atom stereocenters. The van der Waals surface area contributed by atoms with E-state index in [1.165, 1.54) is 0 Å². The second kappa shape index (κ2) is 4.14. The largest absolute Gasteiger partial charge is 0.349 e. The Balaban J connectivity index is 3.00. The molecule has 0 aliphatic rings. The highest BCUT2D eigenvalue weighted by Crippen LogP contribution is 2.17. The smallest absolute Gasteiger partial charge is 0.143 e. The summed E-state index contributed by atoms with van der Waals surface area (Å²) in [6.07, 6.45) is 2.64. The van der Waals surface area contributed by atoms with Crippen molar-refractivity contribution in [1.29, 1.82) is 0 Å². The molecule has 4 heteroatoms. The van der Waals surface area contributed by atoms with Crippen LogP contribution in [-0.4, -0.2) is 9.97 Å². The summed E-state index contributed by atoms with van der Waals surface area (Å²) >= 11 is 8.43. The Hall–Kier alpha value is -0.220. The third-order valence-corrected chi connectivity index (χ3v) is 2.91. The summed E-state index contributed by atoms with van der Waals surface area (Å²) in [5.41, 5.74) is 1.13. The predicted molar refractivity (Wildman–Crippen MR) is 55.7 cm³/mol. The lowest BCUT2D eigenvalue weighted by molar-refractivity contribution is 0.631. The lowest BCUT2D eigenvalue weighted by atomic mass is 10.1. The Kier molecular flexibility index (Phi) is 3.40. The summed E-state index contributed by atoms with van der Waals surface area (Å²) in [6, 6.07) is 0. The molecular weight excluding hydrogens is 236 g/mol. The van der Waals surface area contributed by atoms with Crippen LogP contribution in [0.3, 0.4) is 0 Å². The van der Waals surface area contributed by atoms with Gasteiger partial charge in [-0.1, -0.05) is 26.1 Å². The molecule has 1 rings (SSSR count). The van der Waals surface area contributed by atoms with Crippen LogP contribution in [0.5, 0.6) is 0 Å². The van der Waals surface area contributed by atoms with E-state index in [9.17, 15) is 0 Å². The van der Waals surface area contributed by atoms with Gasteiger partial charge in [-0.3, -0.25) is 0 Å². The molecule has 1 aromatic rings. The van der Waals surface area contributed by atoms with Gasteiger partial charge in [0.05, 0.1) is 10.8 Å². The number of halogens is 1. The lowest BCUT2D eigenvalue weighted by Crippen LogP contribution is -1.99. The first-order valence-corrected chi connectivity index (χ1v) is 5.03. The normalized spacial score (nSPS) is 10.7. The molecule has 0 atom stereocenters. The van der Waals surface area contributed by atoms with Crippen LogP contribution in [0.25, 0.3) is 0 Å². The topological polar surface area (TPSA) is 28.7 Å². The summed E-state index contributed by atoms with van der Waals surface area (Å²) in [5.74, 6) is 0.620. The van der Waals surface area contributed by atoms with Gasteiger partial charge >= 0.3 is 0 Å². The zero-order chi connectivity index (χ0) is 9.14. The first kappa shape index (κ1) is 9.86. The quantitative estimate of drug-likeness (QED) is 0.813. The van der Waals surface area contributed by atoms with Gasteiger partial charge in [-0.2, -0.15) is 0 Å². The Morgan fingerprint density at radius 1 is 1.67 bits per heavy atom. The molecule has 0 fully saturated rings. The van der Waals surface area contributed by atoms with Crippen LogP contribution in [0, 0.1) is 10.6 Å². The fourth-order valence-corrected chi connectivity index (χ4v) is 1.53. The molecule has 2 nitrogen and oxygen atoms in total. The number of aromatic amines is 1. The minimum Gasteiger partial charge on any atom is -0.349 e. The van der Waals surface area contributed by atoms with Crippen LogP contribution < -0.4 is 0 Å². The van der Waals surface area contributed by atoms with Crippen molar-refractivity contribution in [3.8, 4) is 0 Å². The standard InChI is InChI=1S/C8H11BrN2S/c1-5(2)3-6-7(9)8(12)11-4-10-6/h4-5H,3H2,1-2H3,(H,10,11,12). The van der Waals surface area contributed by atoms with Gasteiger partial charge in [0.1, 0.15) is 4.64 Å². The van der Waals surface area contributed by atoms with E-state index in [1.807, 2.05) is 0 Å². The van der Waals surface area contributed by atoms with Gasteiger partial charge in [0, 0.05) is 5.69 Å². The fraction of sp³-hybridized carbons (Fsp3) is 0.500. The summed E-state index contributed by atoms with van der Waals surface area (Å²) in [6.45, 7) is 4.34. The van der Waals surface area contributed by atoms with Crippen molar-refractivity contribution < 1.29 is 0 Å². The van der Waals surface area contributed by atoms with E-state index < -0.39 is 0 Å². The van der Waals surface area contributed by atoms with Crippen molar-refractivity contribution in [2.75, 3.05) is 0 Å². The molecule has 0 aliphatic heterocycles. The molecule has 0 amide bonds. The van der Waals surface area contributed by atoms with Gasteiger partial charge < -0.3 is 4.98 Å². The molecule has 1 heterocycles. The highest BCUT2D eigenvalue weighted by Gasteiger charge is 2.03. The van der Waals surface area contributed by atoms with E-state index in [4.69, 9.17) is 12.2 Å². The lowest BCUT2D eigenvalue weighted by Gasteiger charge is -2.06. The van der Waals surface area contributed by atoms with Crippen LogP contribution in [0.1, 0.15) is 19.5 Å². The van der Waals surface area contributed by atoms with Crippen molar-refractivity contribution in [1.82, 2.24) is 9.97 Å². The second-order valence-electron chi connectivity index (χ2n) is 3.10. The molecule has 0 saturated heterocycles. The van der Waals surface area contributed by atoms with Gasteiger partial charge in [-0.05, 0) is 28.3 Å². The van der Waals surface area contributed by atoms with Gasteiger partial charge in [-0.25, -0.2) is 4.98 Å². The van der Waals surface area contributed by atoms with Crippen LogP contribution in [-0.2, 0) is 6.42 Å². The Morgan fingerprint density at radius 3 is 2.92 bits per heavy atom. The number of rotatable bonds is 2. The minimum absolute atomic E-state index is 0.620. The van der Waals surface area contributed by atoms with Crippen molar-refractivity contribution in [2.24, 2.45) is 5.92 Å². The zero-order valence-corrected chi connectivity index (χ0v) is 9.50. The monoisotopic (exact) mass is 246 g/mol. The zero-order valence-electron chi connectivity index (χ0n) is 7.10. The molecule has 0 saturated carbocycles. The minimum atomic E-state index is 0.620. The molecule has 0 radical (unpaired) electrons. The highest BCUT2D eigenvalue weighted by atomic mass is 79.9. The number of H-pyrrole nitrogens is 1. The van der Waals surface area contributed by atoms with Crippen LogP contribution >= 0.6 is 28.1 Å². The van der Waals surface area contributed by atoms with E-state index in [0.717, 1.165) is 16.6 Å². The summed E-state index contributed by atoms with van der Waals surface area (Å²) in [5, 5.41) is 0. The number of nitrogens with zero attached hydrogens (tertiary/aromatic N) is 1. The van der Waals surface area contributed by atoms with Crippen LogP contribution in [0.4, 0.5) is 0 Å². The first-order valence-electron chi connectivity index (χ1n) is 3.83. The fourth-order valence-electron chi connectivity index (χ4n) is 0.975. The van der Waals surface area contributed by atoms with Crippen molar-refractivity contribution in [2.45, 2.75) is 20.3 Å². The Morgan fingerprint density at radius 2 is 2.33 bits per heavy atom. The number of aromatic nitrogens is 2. The number of hydrogen-bond donors (Lipinski definition) is 1. The van der Waals surface area contributed by atoms with Crippen molar-refractivity contribution >= 4 is 28.1 Å². The maximum Gasteiger partial charge on any atom is 0.143 e.